The molecule has 15 heteroatoms. The lowest BCUT2D eigenvalue weighted by atomic mass is 9.78. The van der Waals surface area contributed by atoms with E-state index in [2.05, 4.69) is 84.4 Å². The maximum Gasteiger partial charge on any atom is 0.494 e. The van der Waals surface area contributed by atoms with Gasteiger partial charge in [-0.15, -0.1) is 0 Å². The second kappa shape index (κ2) is 17.6. The van der Waals surface area contributed by atoms with E-state index in [9.17, 15) is 19.2 Å². The molecular formula is C39H38BBr4N3O7. The number of ether oxygens (including phenoxy) is 1. The molecule has 0 saturated carbocycles. The van der Waals surface area contributed by atoms with Crippen molar-refractivity contribution in [2.24, 2.45) is 0 Å². The molecule has 4 aromatic carbocycles. The Morgan fingerprint density at radius 2 is 1.07 bits per heavy atom. The Morgan fingerprint density at radius 1 is 0.667 bits per heavy atom. The number of rotatable bonds is 3. The smallest absolute Gasteiger partial charge is 0.465 e. The molecule has 0 atom stereocenters. The summed E-state index contributed by atoms with van der Waals surface area (Å²) >= 11 is 13.3. The second-order valence-corrected chi connectivity index (χ2v) is 16.9. The van der Waals surface area contributed by atoms with Crippen LogP contribution >= 0.6 is 63.7 Å². The van der Waals surface area contributed by atoms with Crippen molar-refractivity contribution in [2.75, 3.05) is 7.11 Å². The number of carbonyl (C=O) groups excluding carboxylic acids is 4. The monoisotopic (exact) mass is 987 g/mol. The highest BCUT2D eigenvalue weighted by molar-refractivity contribution is 9.11. The lowest BCUT2D eigenvalue weighted by Gasteiger charge is -2.32. The van der Waals surface area contributed by atoms with Gasteiger partial charge in [-0.2, -0.15) is 0 Å². The Hall–Kier alpha value is -3.34. The maximum absolute atomic E-state index is 11.5. The van der Waals surface area contributed by atoms with Gasteiger partial charge in [0.2, 0.25) is 0 Å². The summed E-state index contributed by atoms with van der Waals surface area (Å²) < 4.78 is 19.7. The fourth-order valence-corrected chi connectivity index (χ4v) is 7.45. The average Bonchev–Trinajstić information content (AvgIpc) is 3.87. The zero-order valence-electron chi connectivity index (χ0n) is 30.2. The van der Waals surface area contributed by atoms with Gasteiger partial charge < -0.3 is 30.0 Å². The van der Waals surface area contributed by atoms with Gasteiger partial charge in [-0.1, -0.05) is 75.9 Å². The van der Waals surface area contributed by atoms with Crippen molar-refractivity contribution in [3.8, 4) is 0 Å². The second-order valence-electron chi connectivity index (χ2n) is 13.6. The van der Waals surface area contributed by atoms with Crippen LogP contribution in [0.5, 0.6) is 0 Å². The van der Waals surface area contributed by atoms with Crippen LogP contribution in [-0.4, -0.2) is 49.1 Å². The molecule has 10 nitrogen and oxygen atoms in total. The summed E-state index contributed by atoms with van der Waals surface area (Å²) in [6.45, 7) is 10.0. The van der Waals surface area contributed by atoms with Crippen LogP contribution in [0.15, 0.2) is 86.2 Å². The summed E-state index contributed by atoms with van der Waals surface area (Å²) in [4.78, 5) is 44.9. The SMILES string of the molecule is CC1(C)OB(c2ccc3c(c2)CNC3=O)OC1(C)C.COC(=O)c1ccc(Br)cc1CBr.O=C1NCc2cc(Br)ccc21.O=C1NCc2cc(Br)ccc21. The van der Waals surface area contributed by atoms with Gasteiger partial charge >= 0.3 is 13.1 Å². The zero-order chi connectivity index (χ0) is 39.4. The van der Waals surface area contributed by atoms with Crippen LogP contribution in [0.4, 0.5) is 0 Å². The highest BCUT2D eigenvalue weighted by Gasteiger charge is 2.51. The fourth-order valence-electron chi connectivity index (χ4n) is 5.76. The van der Waals surface area contributed by atoms with Crippen molar-refractivity contribution in [3.63, 3.8) is 0 Å². The topological polar surface area (TPSA) is 132 Å². The van der Waals surface area contributed by atoms with Crippen LogP contribution < -0.4 is 21.4 Å². The molecule has 3 N–H and O–H groups in total. The Balaban J connectivity index is 0.000000143. The van der Waals surface area contributed by atoms with Crippen LogP contribution in [0.2, 0.25) is 0 Å². The maximum atomic E-state index is 11.5. The quantitative estimate of drug-likeness (QED) is 0.109. The predicted octanol–water partition coefficient (Wildman–Crippen LogP) is 7.74. The van der Waals surface area contributed by atoms with Gasteiger partial charge in [0.15, 0.2) is 0 Å². The van der Waals surface area contributed by atoms with E-state index in [0.717, 1.165) is 57.8 Å². The minimum Gasteiger partial charge on any atom is -0.465 e. The molecule has 0 radical (unpaired) electrons. The van der Waals surface area contributed by atoms with Gasteiger partial charge in [-0.3, -0.25) is 14.4 Å². The van der Waals surface area contributed by atoms with E-state index in [1.165, 1.54) is 7.11 Å². The number of nitrogens with one attached hydrogen (secondary N) is 3. The minimum absolute atomic E-state index is 0.00420. The third kappa shape index (κ3) is 9.72. The minimum atomic E-state index is -0.369. The molecule has 282 valence electrons. The van der Waals surface area contributed by atoms with Gasteiger partial charge in [0.05, 0.1) is 23.9 Å². The number of fused-ring (bicyclic) bond motifs is 3. The van der Waals surface area contributed by atoms with Gasteiger partial charge in [-0.25, -0.2) is 4.79 Å². The average molecular weight is 991 g/mol. The Morgan fingerprint density at radius 3 is 1.52 bits per heavy atom. The van der Waals surface area contributed by atoms with Crippen LogP contribution in [0, 0.1) is 0 Å². The number of benzene rings is 4. The third-order valence-electron chi connectivity index (χ3n) is 9.46. The number of amides is 3. The normalized spacial score (nSPS) is 16.5. The Labute approximate surface area is 348 Å². The highest BCUT2D eigenvalue weighted by Crippen LogP contribution is 2.36. The molecule has 4 aliphatic heterocycles. The van der Waals surface area contributed by atoms with Crippen LogP contribution in [0.3, 0.4) is 0 Å². The summed E-state index contributed by atoms with van der Waals surface area (Å²) in [5.41, 5.74) is 7.31. The molecule has 4 aromatic rings. The van der Waals surface area contributed by atoms with Gasteiger partial charge in [0.1, 0.15) is 0 Å². The first-order valence-corrected chi connectivity index (χ1v) is 20.4. The highest BCUT2D eigenvalue weighted by atomic mass is 79.9. The molecule has 54 heavy (non-hydrogen) atoms. The van der Waals surface area contributed by atoms with Crippen molar-refractivity contribution >= 4 is 100.0 Å². The molecule has 8 rings (SSSR count). The number of hydrogen-bond acceptors (Lipinski definition) is 7. The Bertz CT molecular complexity index is 2030. The third-order valence-corrected chi connectivity index (χ3v) is 11.5. The lowest BCUT2D eigenvalue weighted by Crippen LogP contribution is -2.41. The predicted molar refractivity (Wildman–Crippen MR) is 222 cm³/mol. The van der Waals surface area contributed by atoms with E-state index in [4.69, 9.17) is 9.31 Å². The molecule has 4 aliphatic rings. The number of carbonyl (C=O) groups is 4. The molecule has 3 amide bonds. The fraction of sp³-hybridized carbons (Fsp3) is 0.282. The molecule has 0 aliphatic carbocycles. The molecule has 0 aromatic heterocycles. The van der Waals surface area contributed by atoms with Crippen molar-refractivity contribution < 1.29 is 33.2 Å². The first-order valence-electron chi connectivity index (χ1n) is 16.9. The standard InChI is InChI=1S/C14H18BNO3.C9H8Br2O2.2C8H6BrNO/c1-13(2)14(3,4)19-15(18-13)10-5-6-11-9(7-10)8-16-12(11)17;1-13-9(12)8-3-2-7(11)4-6(8)5-10;2*9-6-1-2-7-5(3-6)4-10-8(7)11/h5-7H,8H2,1-4H3,(H,16,17);2-4H,5H2,1H3;2*1-3H,4H2,(H,10,11). The van der Waals surface area contributed by atoms with Crippen molar-refractivity contribution in [1.82, 2.24) is 16.0 Å². The first kappa shape index (κ1) is 41.8. The summed E-state index contributed by atoms with van der Waals surface area (Å²) in [6, 6.07) is 22.6. The first-order chi connectivity index (χ1) is 25.5. The van der Waals surface area contributed by atoms with Crippen molar-refractivity contribution in [1.29, 1.82) is 0 Å². The zero-order valence-corrected chi connectivity index (χ0v) is 36.5. The summed E-state index contributed by atoms with van der Waals surface area (Å²) in [7, 11) is 1.01. The van der Waals surface area contributed by atoms with Crippen LogP contribution in [-0.2, 0) is 39.0 Å². The van der Waals surface area contributed by atoms with Gasteiger partial charge in [0, 0.05) is 55.1 Å². The molecule has 1 saturated heterocycles. The molecule has 0 bridgehead atoms. The van der Waals surface area contributed by atoms with Crippen molar-refractivity contribution in [3.05, 3.63) is 131 Å². The number of hydrogen-bond donors (Lipinski definition) is 3. The van der Waals surface area contributed by atoms with E-state index < -0.39 is 0 Å². The van der Waals surface area contributed by atoms with E-state index in [1.807, 2.05) is 94.4 Å². The van der Waals surface area contributed by atoms with Gasteiger partial charge in [-0.05, 0) is 116 Å². The molecule has 0 spiro atoms. The summed E-state index contributed by atoms with van der Waals surface area (Å²) in [6.07, 6.45) is 0. The number of halogens is 4. The molecule has 0 unspecified atom stereocenters. The van der Waals surface area contributed by atoms with Gasteiger partial charge in [0.25, 0.3) is 17.7 Å². The Kier molecular flexibility index (Phi) is 13.7. The van der Waals surface area contributed by atoms with Crippen LogP contribution in [0.25, 0.3) is 0 Å². The number of esters is 1. The summed E-state index contributed by atoms with van der Waals surface area (Å²) in [5, 5.41) is 8.96. The molecule has 4 heterocycles. The number of methoxy groups -OCH3 is 1. The van der Waals surface area contributed by atoms with E-state index >= 15 is 0 Å². The molecular weight excluding hydrogens is 953 g/mol. The van der Waals surface area contributed by atoms with E-state index in [1.54, 1.807) is 6.07 Å². The number of alkyl halides is 1. The molecule has 1 fully saturated rings. The van der Waals surface area contributed by atoms with Crippen molar-refractivity contribution in [2.45, 2.75) is 63.9 Å². The summed E-state index contributed by atoms with van der Waals surface area (Å²) in [5.74, 6) is -0.239. The van der Waals surface area contributed by atoms with E-state index in [0.29, 0.717) is 30.5 Å². The van der Waals surface area contributed by atoms with Crippen LogP contribution in [0.1, 0.15) is 91.4 Å². The van der Waals surface area contributed by atoms with E-state index in [-0.39, 0.29) is 42.0 Å². The lowest BCUT2D eigenvalue weighted by molar-refractivity contribution is 0.00578. The largest absolute Gasteiger partial charge is 0.494 e.